The summed E-state index contributed by atoms with van der Waals surface area (Å²) in [7, 11) is 0. The lowest BCUT2D eigenvalue weighted by molar-refractivity contribution is 0.200. The quantitative estimate of drug-likeness (QED) is 0.820. The van der Waals surface area contributed by atoms with E-state index in [9.17, 15) is 4.79 Å². The third-order valence-corrected chi connectivity index (χ3v) is 2.35. The van der Waals surface area contributed by atoms with Gasteiger partial charge in [0.15, 0.2) is 0 Å². The molecule has 0 spiro atoms. The Labute approximate surface area is 105 Å². The molecule has 0 aliphatic carbocycles. The molecule has 0 radical (unpaired) electrons. The van der Waals surface area contributed by atoms with Gasteiger partial charge in [0.2, 0.25) is 0 Å². The Hall–Kier alpha value is -2.30. The molecule has 0 bridgehead atoms. The smallest absolute Gasteiger partial charge is 0.410 e. The first-order valence-corrected chi connectivity index (χ1v) is 5.83. The van der Waals surface area contributed by atoms with Crippen molar-refractivity contribution in [3.05, 3.63) is 48.8 Å². The number of amides is 1. The normalized spacial score (nSPS) is 10.0. The lowest BCUT2D eigenvalue weighted by Gasteiger charge is -2.06. The Balaban J connectivity index is 1.63. The molecule has 0 unspecified atom stereocenters. The van der Waals surface area contributed by atoms with E-state index >= 15 is 0 Å². The van der Waals surface area contributed by atoms with Crippen molar-refractivity contribution in [1.82, 2.24) is 15.1 Å². The molecule has 1 aromatic heterocycles. The summed E-state index contributed by atoms with van der Waals surface area (Å²) in [5.74, 6) is 0.544. The van der Waals surface area contributed by atoms with Crippen LogP contribution in [-0.4, -0.2) is 22.4 Å². The van der Waals surface area contributed by atoms with E-state index in [2.05, 4.69) is 10.4 Å². The summed E-state index contributed by atoms with van der Waals surface area (Å²) < 4.78 is 6.90. The van der Waals surface area contributed by atoms with Gasteiger partial charge in [-0.2, -0.15) is 5.10 Å². The molecule has 1 heterocycles. The SMILES string of the molecule is O=C(NCCCn1cccn1)Oc1ccccc1. The van der Waals surface area contributed by atoms with E-state index in [-0.39, 0.29) is 0 Å². The second kappa shape index (κ2) is 6.44. The fourth-order valence-electron chi connectivity index (χ4n) is 1.50. The number of carbonyl (C=O) groups is 1. The lowest BCUT2D eigenvalue weighted by atomic mass is 10.3. The van der Waals surface area contributed by atoms with Crippen LogP contribution in [0, 0.1) is 0 Å². The van der Waals surface area contributed by atoms with Crippen LogP contribution in [0.1, 0.15) is 6.42 Å². The lowest BCUT2D eigenvalue weighted by Crippen LogP contribution is -2.28. The van der Waals surface area contributed by atoms with Crippen LogP contribution in [0.25, 0.3) is 0 Å². The summed E-state index contributed by atoms with van der Waals surface area (Å²) >= 11 is 0. The molecule has 2 rings (SSSR count). The number of carbonyl (C=O) groups excluding carboxylic acids is 1. The summed E-state index contributed by atoms with van der Waals surface area (Å²) in [6.45, 7) is 1.34. The van der Waals surface area contributed by atoms with Gasteiger partial charge in [-0.25, -0.2) is 4.79 Å². The van der Waals surface area contributed by atoms with Crippen LogP contribution in [-0.2, 0) is 6.54 Å². The summed E-state index contributed by atoms with van der Waals surface area (Å²) in [4.78, 5) is 11.4. The molecule has 0 saturated heterocycles. The first-order chi connectivity index (χ1) is 8.84. The zero-order valence-electron chi connectivity index (χ0n) is 9.95. The highest BCUT2D eigenvalue weighted by atomic mass is 16.5. The Morgan fingerprint density at radius 2 is 2.11 bits per heavy atom. The van der Waals surface area contributed by atoms with Crippen molar-refractivity contribution in [2.75, 3.05) is 6.54 Å². The summed E-state index contributed by atoms with van der Waals surface area (Å²) in [6, 6.07) is 10.9. The van der Waals surface area contributed by atoms with E-state index in [1.54, 1.807) is 18.3 Å². The molecular weight excluding hydrogens is 230 g/mol. The van der Waals surface area contributed by atoms with Crippen LogP contribution in [0.5, 0.6) is 5.75 Å². The molecule has 1 N–H and O–H groups in total. The van der Waals surface area contributed by atoms with Crippen molar-refractivity contribution >= 4 is 6.09 Å². The highest BCUT2D eigenvalue weighted by Crippen LogP contribution is 2.07. The maximum atomic E-state index is 11.4. The van der Waals surface area contributed by atoms with Gasteiger partial charge in [0.05, 0.1) is 0 Å². The number of ether oxygens (including phenoxy) is 1. The van der Waals surface area contributed by atoms with E-state index < -0.39 is 6.09 Å². The van der Waals surface area contributed by atoms with Crippen LogP contribution >= 0.6 is 0 Å². The van der Waals surface area contributed by atoms with Crippen molar-refractivity contribution in [2.45, 2.75) is 13.0 Å². The van der Waals surface area contributed by atoms with Gasteiger partial charge in [0, 0.05) is 25.5 Å². The number of para-hydroxylation sites is 1. The van der Waals surface area contributed by atoms with Gasteiger partial charge >= 0.3 is 6.09 Å². The molecule has 94 valence electrons. The average molecular weight is 245 g/mol. The van der Waals surface area contributed by atoms with Crippen LogP contribution < -0.4 is 10.1 Å². The van der Waals surface area contributed by atoms with E-state index in [1.807, 2.05) is 35.1 Å². The minimum absolute atomic E-state index is 0.429. The molecule has 1 amide bonds. The summed E-state index contributed by atoms with van der Waals surface area (Å²) in [5, 5.41) is 6.76. The molecule has 0 saturated carbocycles. The predicted octanol–water partition coefficient (Wildman–Crippen LogP) is 2.06. The van der Waals surface area contributed by atoms with Crippen LogP contribution in [0.15, 0.2) is 48.8 Å². The number of nitrogens with one attached hydrogen (secondary N) is 1. The van der Waals surface area contributed by atoms with Crippen LogP contribution in [0.3, 0.4) is 0 Å². The number of aryl methyl sites for hydroxylation is 1. The number of hydrogen-bond donors (Lipinski definition) is 1. The van der Waals surface area contributed by atoms with E-state index in [4.69, 9.17) is 4.74 Å². The third-order valence-electron chi connectivity index (χ3n) is 2.35. The minimum Gasteiger partial charge on any atom is -0.410 e. The van der Waals surface area contributed by atoms with Gasteiger partial charge in [0.25, 0.3) is 0 Å². The monoisotopic (exact) mass is 245 g/mol. The number of benzene rings is 1. The fourth-order valence-corrected chi connectivity index (χ4v) is 1.50. The topological polar surface area (TPSA) is 56.2 Å². The number of nitrogens with zero attached hydrogens (tertiary/aromatic N) is 2. The van der Waals surface area contributed by atoms with Gasteiger partial charge in [-0.1, -0.05) is 18.2 Å². The zero-order valence-corrected chi connectivity index (χ0v) is 9.95. The molecule has 0 atom stereocenters. The Morgan fingerprint density at radius 3 is 2.83 bits per heavy atom. The Kier molecular flexibility index (Phi) is 4.35. The molecule has 0 aliphatic heterocycles. The van der Waals surface area contributed by atoms with E-state index in [1.165, 1.54) is 0 Å². The van der Waals surface area contributed by atoms with Crippen molar-refractivity contribution in [1.29, 1.82) is 0 Å². The molecule has 18 heavy (non-hydrogen) atoms. The van der Waals surface area contributed by atoms with Gasteiger partial charge in [0.1, 0.15) is 5.75 Å². The number of rotatable bonds is 5. The van der Waals surface area contributed by atoms with Gasteiger partial charge in [-0.3, -0.25) is 4.68 Å². The first-order valence-electron chi connectivity index (χ1n) is 5.83. The molecule has 5 heteroatoms. The maximum Gasteiger partial charge on any atom is 0.412 e. The van der Waals surface area contributed by atoms with Crippen molar-refractivity contribution in [2.24, 2.45) is 0 Å². The molecule has 1 aromatic carbocycles. The molecular formula is C13H15N3O2. The highest BCUT2D eigenvalue weighted by molar-refractivity contribution is 5.70. The van der Waals surface area contributed by atoms with Crippen molar-refractivity contribution in [3.8, 4) is 5.75 Å². The van der Waals surface area contributed by atoms with E-state index in [0.29, 0.717) is 12.3 Å². The van der Waals surface area contributed by atoms with Gasteiger partial charge in [-0.15, -0.1) is 0 Å². The van der Waals surface area contributed by atoms with Crippen molar-refractivity contribution in [3.63, 3.8) is 0 Å². The minimum atomic E-state index is -0.429. The standard InChI is InChI=1S/C13H15N3O2/c17-13(18-12-6-2-1-3-7-12)14-8-4-10-16-11-5-9-15-16/h1-3,5-7,9,11H,4,8,10H2,(H,14,17). The number of hydrogen-bond acceptors (Lipinski definition) is 3. The zero-order chi connectivity index (χ0) is 12.6. The second-order valence-corrected chi connectivity index (χ2v) is 3.75. The molecule has 2 aromatic rings. The van der Waals surface area contributed by atoms with Crippen LogP contribution in [0.4, 0.5) is 4.79 Å². The molecule has 5 nitrogen and oxygen atoms in total. The highest BCUT2D eigenvalue weighted by Gasteiger charge is 2.02. The third kappa shape index (κ3) is 3.93. The first kappa shape index (κ1) is 12.2. The molecule has 0 fully saturated rings. The van der Waals surface area contributed by atoms with E-state index in [0.717, 1.165) is 13.0 Å². The predicted molar refractivity (Wildman–Crippen MR) is 67.3 cm³/mol. The van der Waals surface area contributed by atoms with Crippen molar-refractivity contribution < 1.29 is 9.53 Å². The maximum absolute atomic E-state index is 11.4. The fraction of sp³-hybridized carbons (Fsp3) is 0.231. The number of aromatic nitrogens is 2. The van der Waals surface area contributed by atoms with Gasteiger partial charge in [-0.05, 0) is 24.6 Å². The summed E-state index contributed by atoms with van der Waals surface area (Å²) in [5.41, 5.74) is 0. The van der Waals surface area contributed by atoms with Crippen LogP contribution in [0.2, 0.25) is 0 Å². The van der Waals surface area contributed by atoms with Gasteiger partial charge < -0.3 is 10.1 Å². The Bertz CT molecular complexity index is 468. The summed E-state index contributed by atoms with van der Waals surface area (Å²) in [6.07, 6.45) is 4.01. The largest absolute Gasteiger partial charge is 0.412 e. The second-order valence-electron chi connectivity index (χ2n) is 3.75. The molecule has 0 aliphatic rings. The average Bonchev–Trinajstić information content (AvgIpc) is 2.89. The Morgan fingerprint density at radius 1 is 1.28 bits per heavy atom.